The summed E-state index contributed by atoms with van der Waals surface area (Å²) in [5, 5.41) is 0. The molecule has 4 heteroatoms. The fourth-order valence-corrected chi connectivity index (χ4v) is 1.70. The summed E-state index contributed by atoms with van der Waals surface area (Å²) < 4.78 is 2.09. The molecule has 4 nitrogen and oxygen atoms in total. The van der Waals surface area contributed by atoms with Crippen LogP contribution in [0, 0.1) is 5.92 Å². The number of hydrogen-bond donors (Lipinski definition) is 2. The Labute approximate surface area is 85.3 Å². The van der Waals surface area contributed by atoms with E-state index in [9.17, 15) is 0 Å². The van der Waals surface area contributed by atoms with Crippen molar-refractivity contribution in [3.05, 3.63) is 18.2 Å². The van der Waals surface area contributed by atoms with Crippen LogP contribution in [0.2, 0.25) is 0 Å². The van der Waals surface area contributed by atoms with E-state index in [1.165, 1.54) is 5.69 Å². The minimum atomic E-state index is 0.379. The average molecular weight is 196 g/mol. The highest BCUT2D eigenvalue weighted by Gasteiger charge is 2.17. The molecule has 0 saturated heterocycles. The summed E-state index contributed by atoms with van der Waals surface area (Å²) in [4.78, 5) is 4.14. The Bertz CT molecular complexity index is 267. The number of rotatable bonds is 5. The van der Waals surface area contributed by atoms with Crippen LogP contribution in [-0.4, -0.2) is 22.6 Å². The van der Waals surface area contributed by atoms with Crippen LogP contribution in [0.5, 0.6) is 0 Å². The monoisotopic (exact) mass is 196 g/mol. The Morgan fingerprint density at radius 2 is 2.14 bits per heavy atom. The maximum atomic E-state index is 5.76. The predicted molar refractivity (Wildman–Crippen MR) is 57.9 cm³/mol. The second-order valence-electron chi connectivity index (χ2n) is 3.89. The second kappa shape index (κ2) is 5.12. The van der Waals surface area contributed by atoms with E-state index in [-0.39, 0.29) is 0 Å². The zero-order valence-electron chi connectivity index (χ0n) is 8.98. The van der Waals surface area contributed by atoms with Crippen molar-refractivity contribution in [1.82, 2.24) is 9.55 Å². The molecule has 0 amide bonds. The van der Waals surface area contributed by atoms with Gasteiger partial charge in [-0.1, -0.05) is 13.8 Å². The molecule has 1 aromatic rings. The summed E-state index contributed by atoms with van der Waals surface area (Å²) in [5.41, 5.74) is 12.5. The molecule has 80 valence electrons. The maximum absolute atomic E-state index is 5.76. The van der Waals surface area contributed by atoms with Crippen LogP contribution in [0.25, 0.3) is 0 Å². The average Bonchev–Trinajstić information content (AvgIpc) is 2.55. The molecule has 4 N–H and O–H groups in total. The van der Waals surface area contributed by atoms with Crippen LogP contribution in [0.15, 0.2) is 12.5 Å². The Hall–Kier alpha value is -0.870. The topological polar surface area (TPSA) is 69.9 Å². The first-order valence-electron chi connectivity index (χ1n) is 5.10. The summed E-state index contributed by atoms with van der Waals surface area (Å²) >= 11 is 0. The van der Waals surface area contributed by atoms with Gasteiger partial charge in [0.2, 0.25) is 0 Å². The lowest BCUT2D eigenvalue weighted by Gasteiger charge is -2.20. The molecular formula is C10H20N4. The van der Waals surface area contributed by atoms with Gasteiger partial charge in [0.25, 0.3) is 0 Å². The van der Waals surface area contributed by atoms with E-state index < -0.39 is 0 Å². The van der Waals surface area contributed by atoms with Gasteiger partial charge in [-0.3, -0.25) is 0 Å². The molecule has 0 bridgehead atoms. The van der Waals surface area contributed by atoms with E-state index in [1.54, 1.807) is 0 Å². The van der Waals surface area contributed by atoms with Gasteiger partial charge in [-0.2, -0.15) is 0 Å². The normalized spacial score (nSPS) is 13.5. The molecule has 1 unspecified atom stereocenters. The third kappa shape index (κ3) is 2.33. The van der Waals surface area contributed by atoms with Gasteiger partial charge in [-0.25, -0.2) is 4.98 Å². The van der Waals surface area contributed by atoms with Gasteiger partial charge in [0.05, 0.1) is 6.33 Å². The molecule has 0 aliphatic rings. The number of imidazole rings is 1. The van der Waals surface area contributed by atoms with Gasteiger partial charge in [0.1, 0.15) is 0 Å². The highest BCUT2D eigenvalue weighted by atomic mass is 15.1. The molecule has 0 fully saturated rings. The first-order chi connectivity index (χ1) is 6.70. The van der Waals surface area contributed by atoms with Crippen LogP contribution < -0.4 is 11.5 Å². The third-order valence-corrected chi connectivity index (χ3v) is 2.55. The van der Waals surface area contributed by atoms with Gasteiger partial charge in [-0.05, 0) is 5.92 Å². The zero-order chi connectivity index (χ0) is 10.6. The highest BCUT2D eigenvalue weighted by Crippen LogP contribution is 2.22. The van der Waals surface area contributed by atoms with Gasteiger partial charge < -0.3 is 16.0 Å². The van der Waals surface area contributed by atoms with E-state index >= 15 is 0 Å². The van der Waals surface area contributed by atoms with E-state index in [0.29, 0.717) is 24.9 Å². The Morgan fingerprint density at radius 3 is 2.64 bits per heavy atom. The molecule has 0 aromatic carbocycles. The van der Waals surface area contributed by atoms with Crippen LogP contribution in [0.4, 0.5) is 0 Å². The lowest BCUT2D eigenvalue weighted by molar-refractivity contribution is 0.473. The molecular weight excluding hydrogens is 176 g/mol. The quantitative estimate of drug-likeness (QED) is 0.722. The van der Waals surface area contributed by atoms with Crippen molar-refractivity contribution >= 4 is 0 Å². The van der Waals surface area contributed by atoms with Crippen LogP contribution in [0.1, 0.15) is 25.5 Å². The smallest absolute Gasteiger partial charge is 0.0948 e. The Kier molecular flexibility index (Phi) is 4.10. The molecule has 1 rings (SSSR count). The number of aromatic nitrogens is 2. The predicted octanol–water partition coefficient (Wildman–Crippen LogP) is 0.540. The van der Waals surface area contributed by atoms with E-state index in [1.807, 2.05) is 12.5 Å². The number of nitrogens with two attached hydrogens (primary N) is 2. The van der Waals surface area contributed by atoms with Crippen molar-refractivity contribution in [3.63, 3.8) is 0 Å². The second-order valence-corrected chi connectivity index (χ2v) is 3.89. The Morgan fingerprint density at radius 1 is 1.43 bits per heavy atom. The van der Waals surface area contributed by atoms with Gasteiger partial charge in [-0.15, -0.1) is 0 Å². The van der Waals surface area contributed by atoms with E-state index in [0.717, 1.165) is 6.54 Å². The van der Waals surface area contributed by atoms with Crippen molar-refractivity contribution in [2.45, 2.75) is 26.3 Å². The molecule has 0 saturated carbocycles. The van der Waals surface area contributed by atoms with Crippen molar-refractivity contribution in [2.75, 3.05) is 13.1 Å². The molecule has 14 heavy (non-hydrogen) atoms. The molecule has 0 spiro atoms. The fourth-order valence-electron chi connectivity index (χ4n) is 1.70. The van der Waals surface area contributed by atoms with Gasteiger partial charge in [0, 0.05) is 37.4 Å². The summed E-state index contributed by atoms with van der Waals surface area (Å²) in [5.74, 6) is 0.914. The molecule has 0 aliphatic heterocycles. The summed E-state index contributed by atoms with van der Waals surface area (Å²) in [7, 11) is 0. The largest absolute Gasteiger partial charge is 0.333 e. The lowest BCUT2D eigenvalue weighted by atomic mass is 9.93. The van der Waals surface area contributed by atoms with Crippen molar-refractivity contribution in [3.8, 4) is 0 Å². The van der Waals surface area contributed by atoms with Gasteiger partial charge in [0.15, 0.2) is 0 Å². The van der Waals surface area contributed by atoms with Crippen molar-refractivity contribution in [2.24, 2.45) is 17.4 Å². The number of hydrogen-bond acceptors (Lipinski definition) is 3. The maximum Gasteiger partial charge on any atom is 0.0948 e. The molecule has 0 aliphatic carbocycles. The zero-order valence-corrected chi connectivity index (χ0v) is 8.98. The third-order valence-electron chi connectivity index (χ3n) is 2.55. The van der Waals surface area contributed by atoms with E-state index in [4.69, 9.17) is 11.5 Å². The summed E-state index contributed by atoms with van der Waals surface area (Å²) in [6.07, 6.45) is 3.72. The molecule has 1 aromatic heterocycles. The first-order valence-corrected chi connectivity index (χ1v) is 5.10. The summed E-state index contributed by atoms with van der Waals surface area (Å²) in [6, 6.07) is 0. The van der Waals surface area contributed by atoms with Gasteiger partial charge >= 0.3 is 0 Å². The van der Waals surface area contributed by atoms with Crippen molar-refractivity contribution in [1.29, 1.82) is 0 Å². The summed E-state index contributed by atoms with van der Waals surface area (Å²) in [6.45, 7) is 6.47. The highest BCUT2D eigenvalue weighted by molar-refractivity contribution is 5.08. The van der Waals surface area contributed by atoms with E-state index in [2.05, 4.69) is 23.4 Å². The molecule has 1 heterocycles. The first kappa shape index (κ1) is 11.2. The Balaban J connectivity index is 2.86. The SMILES string of the molecule is CC(C)C(CN)c1cncn1CCN. The van der Waals surface area contributed by atoms with Crippen LogP contribution in [-0.2, 0) is 6.54 Å². The minimum Gasteiger partial charge on any atom is -0.333 e. The standard InChI is InChI=1S/C10H20N4/c1-8(2)9(5-12)10-6-13-7-14(10)4-3-11/h6-9H,3-5,11-12H2,1-2H3. The number of nitrogens with zero attached hydrogens (tertiary/aromatic N) is 2. The minimum absolute atomic E-state index is 0.379. The molecule has 1 atom stereocenters. The fraction of sp³-hybridized carbons (Fsp3) is 0.700. The lowest BCUT2D eigenvalue weighted by Crippen LogP contribution is -2.22. The van der Waals surface area contributed by atoms with Crippen molar-refractivity contribution < 1.29 is 0 Å². The van der Waals surface area contributed by atoms with Crippen LogP contribution >= 0.6 is 0 Å². The van der Waals surface area contributed by atoms with Crippen LogP contribution in [0.3, 0.4) is 0 Å². The molecule has 0 radical (unpaired) electrons.